The summed E-state index contributed by atoms with van der Waals surface area (Å²) in [5.74, 6) is 1.56. The van der Waals surface area contributed by atoms with Crippen molar-refractivity contribution >= 4 is 22.6 Å². The van der Waals surface area contributed by atoms with Crippen LogP contribution in [0.25, 0.3) is 11.0 Å². The van der Waals surface area contributed by atoms with E-state index in [1.54, 1.807) is 0 Å². The van der Waals surface area contributed by atoms with Gasteiger partial charge in [0.25, 0.3) is 0 Å². The molecule has 0 N–H and O–H groups in total. The van der Waals surface area contributed by atoms with Gasteiger partial charge in [-0.1, -0.05) is 0 Å². The summed E-state index contributed by atoms with van der Waals surface area (Å²) in [5.41, 5.74) is 2.64. The Bertz CT molecular complexity index is 683. The Labute approximate surface area is 129 Å². The maximum Gasteiger partial charge on any atom is 0.111 e. The van der Waals surface area contributed by atoms with Crippen molar-refractivity contribution in [3.63, 3.8) is 0 Å². The molecule has 21 heavy (non-hydrogen) atoms. The maximum absolute atomic E-state index is 9.10. The van der Waals surface area contributed by atoms with Gasteiger partial charge in [-0.25, -0.2) is 4.98 Å². The number of halogens is 1. The second-order valence-electron chi connectivity index (χ2n) is 5.35. The molecule has 0 amide bonds. The summed E-state index contributed by atoms with van der Waals surface area (Å²) >= 11 is 5.91. The number of nitrogens with zero attached hydrogens (tertiary/aromatic N) is 3. The minimum absolute atomic E-state index is 0.348. The Morgan fingerprint density at radius 2 is 2.29 bits per heavy atom. The molecule has 0 radical (unpaired) electrons. The number of aryl methyl sites for hydroxylation is 1. The van der Waals surface area contributed by atoms with Crippen molar-refractivity contribution < 1.29 is 4.74 Å². The van der Waals surface area contributed by atoms with Crippen LogP contribution < -0.4 is 0 Å². The van der Waals surface area contributed by atoms with Crippen LogP contribution >= 0.6 is 11.6 Å². The normalized spacial score (nSPS) is 21.2. The summed E-state index contributed by atoms with van der Waals surface area (Å²) in [5, 5.41) is 9.10. The zero-order valence-electron chi connectivity index (χ0n) is 12.1. The third-order valence-electron chi connectivity index (χ3n) is 4.05. The minimum atomic E-state index is 0.348. The molecular formula is C16H18ClN3O. The third kappa shape index (κ3) is 2.64. The van der Waals surface area contributed by atoms with Gasteiger partial charge in [0.2, 0.25) is 0 Å². The fraction of sp³-hybridized carbons (Fsp3) is 0.500. The maximum atomic E-state index is 9.10. The molecule has 2 aromatic rings. The molecule has 0 aliphatic heterocycles. The van der Waals surface area contributed by atoms with Gasteiger partial charge in [0, 0.05) is 24.9 Å². The second kappa shape index (κ2) is 6.05. The van der Waals surface area contributed by atoms with Crippen molar-refractivity contribution in [1.82, 2.24) is 9.55 Å². The van der Waals surface area contributed by atoms with Gasteiger partial charge in [-0.15, -0.1) is 11.6 Å². The number of nitriles is 1. The molecule has 1 aromatic heterocycles. The Morgan fingerprint density at radius 1 is 1.48 bits per heavy atom. The van der Waals surface area contributed by atoms with Crippen molar-refractivity contribution in [2.24, 2.45) is 0 Å². The Balaban J connectivity index is 1.98. The quantitative estimate of drug-likeness (QED) is 0.795. The summed E-state index contributed by atoms with van der Waals surface area (Å²) in [7, 11) is 0. The van der Waals surface area contributed by atoms with Crippen LogP contribution in [0.1, 0.15) is 37.2 Å². The average Bonchev–Trinajstić information content (AvgIpc) is 2.80. The van der Waals surface area contributed by atoms with E-state index in [2.05, 4.69) is 15.6 Å². The van der Waals surface area contributed by atoms with Crippen LogP contribution in [0.5, 0.6) is 0 Å². The first-order chi connectivity index (χ1) is 10.3. The molecule has 1 saturated carbocycles. The number of hydrogen-bond donors (Lipinski definition) is 0. The predicted molar refractivity (Wildman–Crippen MR) is 82.6 cm³/mol. The monoisotopic (exact) mass is 303 g/mol. The summed E-state index contributed by atoms with van der Waals surface area (Å²) in [6.07, 6.45) is 3.10. The van der Waals surface area contributed by atoms with E-state index in [4.69, 9.17) is 21.6 Å². The first-order valence-electron chi connectivity index (χ1n) is 7.35. The van der Waals surface area contributed by atoms with Crippen molar-refractivity contribution in [3.05, 3.63) is 29.6 Å². The van der Waals surface area contributed by atoms with Crippen molar-refractivity contribution in [1.29, 1.82) is 5.26 Å². The van der Waals surface area contributed by atoms with Crippen LogP contribution in [0.15, 0.2) is 18.2 Å². The molecule has 4 nitrogen and oxygen atoms in total. The fourth-order valence-corrected chi connectivity index (χ4v) is 3.17. The summed E-state index contributed by atoms with van der Waals surface area (Å²) < 4.78 is 7.91. The zero-order chi connectivity index (χ0) is 14.8. The number of alkyl halides is 1. The van der Waals surface area contributed by atoms with Gasteiger partial charge in [-0.05, 0) is 38.0 Å². The van der Waals surface area contributed by atoms with Crippen LogP contribution in [0.2, 0.25) is 0 Å². The molecule has 1 aliphatic carbocycles. The number of aromatic nitrogens is 2. The lowest BCUT2D eigenvalue weighted by Crippen LogP contribution is -2.34. The van der Waals surface area contributed by atoms with Gasteiger partial charge in [0.1, 0.15) is 5.82 Å². The molecule has 0 saturated heterocycles. The van der Waals surface area contributed by atoms with E-state index >= 15 is 0 Å². The van der Waals surface area contributed by atoms with Crippen LogP contribution in [-0.2, 0) is 11.2 Å². The first kappa shape index (κ1) is 14.4. The topological polar surface area (TPSA) is 50.8 Å². The molecule has 1 aromatic carbocycles. The van der Waals surface area contributed by atoms with Gasteiger partial charge in [0.05, 0.1) is 28.8 Å². The SMILES string of the molecule is CCOC1CC(n2c(CCCl)nc3ccc(C#N)cc32)C1. The minimum Gasteiger partial charge on any atom is -0.378 e. The summed E-state index contributed by atoms with van der Waals surface area (Å²) in [6, 6.07) is 8.26. The molecule has 0 bridgehead atoms. The highest BCUT2D eigenvalue weighted by atomic mass is 35.5. The number of rotatable bonds is 5. The fourth-order valence-electron chi connectivity index (χ4n) is 3.00. The Hall–Kier alpha value is -1.57. The number of ether oxygens (including phenoxy) is 1. The summed E-state index contributed by atoms with van der Waals surface area (Å²) in [6.45, 7) is 2.78. The first-order valence-corrected chi connectivity index (χ1v) is 7.88. The standard InChI is InChI=1S/C16H18ClN3O/c1-2-21-13-8-12(9-13)20-15-7-11(10-18)3-4-14(15)19-16(20)5-6-17/h3-4,7,12-13H,2,5-6,8-9H2,1H3. The lowest BCUT2D eigenvalue weighted by atomic mass is 9.88. The van der Waals surface area contributed by atoms with E-state index in [1.165, 1.54) is 0 Å². The predicted octanol–water partition coefficient (Wildman–Crippen LogP) is 3.43. The third-order valence-corrected chi connectivity index (χ3v) is 4.24. The zero-order valence-corrected chi connectivity index (χ0v) is 12.8. The number of fused-ring (bicyclic) bond motifs is 1. The molecule has 0 spiro atoms. The van der Waals surface area contributed by atoms with Crippen LogP contribution in [-0.4, -0.2) is 28.1 Å². The van der Waals surface area contributed by atoms with Crippen molar-refractivity contribution in [2.75, 3.05) is 12.5 Å². The lowest BCUT2D eigenvalue weighted by molar-refractivity contribution is -0.0192. The van der Waals surface area contributed by atoms with Crippen LogP contribution in [0.4, 0.5) is 0 Å². The smallest absolute Gasteiger partial charge is 0.111 e. The highest BCUT2D eigenvalue weighted by Crippen LogP contribution is 2.38. The van der Waals surface area contributed by atoms with E-state index in [0.29, 0.717) is 23.6 Å². The number of benzene rings is 1. The van der Waals surface area contributed by atoms with Gasteiger partial charge in [-0.2, -0.15) is 5.26 Å². The molecule has 3 rings (SSSR count). The Kier molecular flexibility index (Phi) is 4.14. The van der Waals surface area contributed by atoms with Crippen LogP contribution in [0, 0.1) is 11.3 Å². The van der Waals surface area contributed by atoms with E-state index < -0.39 is 0 Å². The summed E-state index contributed by atoms with van der Waals surface area (Å²) in [4.78, 5) is 4.68. The number of imidazole rings is 1. The lowest BCUT2D eigenvalue weighted by Gasteiger charge is -2.37. The van der Waals surface area contributed by atoms with Gasteiger partial charge < -0.3 is 9.30 Å². The Morgan fingerprint density at radius 3 is 2.95 bits per heavy atom. The van der Waals surface area contributed by atoms with E-state index in [-0.39, 0.29) is 0 Å². The van der Waals surface area contributed by atoms with Crippen molar-refractivity contribution in [2.45, 2.75) is 38.3 Å². The van der Waals surface area contributed by atoms with Crippen molar-refractivity contribution in [3.8, 4) is 6.07 Å². The molecular weight excluding hydrogens is 286 g/mol. The van der Waals surface area contributed by atoms with E-state index in [1.807, 2.05) is 25.1 Å². The van der Waals surface area contributed by atoms with Gasteiger partial charge >= 0.3 is 0 Å². The van der Waals surface area contributed by atoms with Gasteiger partial charge in [0.15, 0.2) is 0 Å². The molecule has 1 aliphatic rings. The molecule has 0 atom stereocenters. The molecule has 1 heterocycles. The molecule has 1 fully saturated rings. The highest BCUT2D eigenvalue weighted by molar-refractivity contribution is 6.17. The molecule has 0 unspecified atom stereocenters. The van der Waals surface area contributed by atoms with Crippen LogP contribution in [0.3, 0.4) is 0 Å². The molecule has 110 valence electrons. The van der Waals surface area contributed by atoms with E-state index in [0.717, 1.165) is 42.7 Å². The second-order valence-corrected chi connectivity index (χ2v) is 5.73. The van der Waals surface area contributed by atoms with E-state index in [9.17, 15) is 0 Å². The highest BCUT2D eigenvalue weighted by Gasteiger charge is 2.33. The number of hydrogen-bond acceptors (Lipinski definition) is 3. The largest absolute Gasteiger partial charge is 0.378 e. The average molecular weight is 304 g/mol. The van der Waals surface area contributed by atoms with Gasteiger partial charge in [-0.3, -0.25) is 0 Å². The molecule has 5 heteroatoms.